The van der Waals surface area contributed by atoms with E-state index in [0.717, 1.165) is 19.5 Å². The molecule has 2 aromatic rings. The van der Waals surface area contributed by atoms with Crippen LogP contribution in [0, 0.1) is 0 Å². The Morgan fingerprint density at radius 2 is 2.15 bits per heavy atom. The molecule has 0 amide bonds. The first-order chi connectivity index (χ1) is 9.78. The van der Waals surface area contributed by atoms with Gasteiger partial charge in [-0.15, -0.1) is 0 Å². The lowest BCUT2D eigenvalue weighted by Gasteiger charge is -2.28. The van der Waals surface area contributed by atoms with Gasteiger partial charge in [-0.3, -0.25) is 4.68 Å². The van der Waals surface area contributed by atoms with Crippen molar-refractivity contribution in [2.75, 3.05) is 6.54 Å². The summed E-state index contributed by atoms with van der Waals surface area (Å²) < 4.78 is 2.14. The van der Waals surface area contributed by atoms with Crippen LogP contribution < -0.4 is 5.32 Å². The molecule has 1 N–H and O–H groups in total. The van der Waals surface area contributed by atoms with Crippen LogP contribution in [0.1, 0.15) is 45.2 Å². The van der Waals surface area contributed by atoms with Crippen LogP contribution in [0.25, 0.3) is 10.9 Å². The van der Waals surface area contributed by atoms with Crippen molar-refractivity contribution in [3.05, 3.63) is 30.0 Å². The Balaban J connectivity index is 1.97. The molecule has 3 rings (SSSR count). The van der Waals surface area contributed by atoms with Crippen LogP contribution >= 0.6 is 0 Å². The summed E-state index contributed by atoms with van der Waals surface area (Å²) in [6.45, 7) is 6.55. The first-order valence-electron chi connectivity index (χ1n) is 7.97. The predicted molar refractivity (Wildman–Crippen MR) is 84.0 cm³/mol. The zero-order chi connectivity index (χ0) is 14.0. The zero-order valence-electron chi connectivity index (χ0n) is 12.7. The van der Waals surface area contributed by atoms with Crippen molar-refractivity contribution in [2.24, 2.45) is 0 Å². The number of aromatic nitrogens is 2. The van der Waals surface area contributed by atoms with Crippen molar-refractivity contribution >= 4 is 10.9 Å². The van der Waals surface area contributed by atoms with E-state index in [1.165, 1.54) is 42.3 Å². The van der Waals surface area contributed by atoms with E-state index in [2.05, 4.69) is 48.1 Å². The molecule has 1 unspecified atom stereocenters. The number of hydrogen-bond acceptors (Lipinski definition) is 2. The van der Waals surface area contributed by atoms with Gasteiger partial charge < -0.3 is 5.32 Å². The first kappa shape index (κ1) is 13.6. The summed E-state index contributed by atoms with van der Waals surface area (Å²) >= 11 is 0. The summed E-state index contributed by atoms with van der Waals surface area (Å²) in [5.74, 6) is 0. The highest BCUT2D eigenvalue weighted by Gasteiger charge is 2.33. The molecule has 1 atom stereocenters. The van der Waals surface area contributed by atoms with Crippen molar-refractivity contribution in [2.45, 2.75) is 58.0 Å². The highest BCUT2D eigenvalue weighted by Crippen LogP contribution is 2.31. The molecule has 1 aliphatic heterocycles. The third kappa shape index (κ3) is 2.35. The van der Waals surface area contributed by atoms with Crippen LogP contribution in [-0.4, -0.2) is 21.9 Å². The van der Waals surface area contributed by atoms with E-state index >= 15 is 0 Å². The fraction of sp³-hybridized carbons (Fsp3) is 0.588. The van der Waals surface area contributed by atoms with Gasteiger partial charge in [-0.2, -0.15) is 5.10 Å². The molecule has 1 aromatic carbocycles. The molecule has 0 bridgehead atoms. The number of nitrogens with one attached hydrogen (secondary N) is 1. The van der Waals surface area contributed by atoms with Crippen LogP contribution in [0.3, 0.4) is 0 Å². The second-order valence-corrected chi connectivity index (χ2v) is 6.02. The number of fused-ring (bicyclic) bond motifs is 1. The fourth-order valence-electron chi connectivity index (χ4n) is 3.69. The first-order valence-corrected chi connectivity index (χ1v) is 7.97. The van der Waals surface area contributed by atoms with E-state index < -0.39 is 0 Å². The maximum atomic E-state index is 4.88. The van der Waals surface area contributed by atoms with Gasteiger partial charge in [-0.1, -0.05) is 31.5 Å². The lowest BCUT2D eigenvalue weighted by atomic mass is 9.86. The second kappa shape index (κ2) is 5.57. The summed E-state index contributed by atoms with van der Waals surface area (Å²) in [5, 5.41) is 9.97. The maximum absolute atomic E-state index is 4.88. The Hall–Kier alpha value is -1.35. The van der Waals surface area contributed by atoms with E-state index in [-0.39, 0.29) is 5.54 Å². The van der Waals surface area contributed by atoms with E-state index in [9.17, 15) is 0 Å². The molecule has 108 valence electrons. The summed E-state index contributed by atoms with van der Waals surface area (Å²) in [7, 11) is 0. The summed E-state index contributed by atoms with van der Waals surface area (Å²) in [6.07, 6.45) is 6.13. The van der Waals surface area contributed by atoms with Crippen LogP contribution in [0.15, 0.2) is 24.3 Å². The zero-order valence-corrected chi connectivity index (χ0v) is 12.7. The van der Waals surface area contributed by atoms with Crippen molar-refractivity contribution in [1.82, 2.24) is 15.1 Å². The molecule has 1 fully saturated rings. The van der Waals surface area contributed by atoms with Crippen molar-refractivity contribution in [1.29, 1.82) is 0 Å². The molecule has 2 heterocycles. The highest BCUT2D eigenvalue weighted by atomic mass is 15.3. The number of para-hydroxylation sites is 1. The molecule has 0 aliphatic carbocycles. The van der Waals surface area contributed by atoms with Crippen LogP contribution in [0.4, 0.5) is 0 Å². The third-order valence-electron chi connectivity index (χ3n) is 4.60. The molecule has 3 nitrogen and oxygen atoms in total. The average molecular weight is 271 g/mol. The smallest absolute Gasteiger partial charge is 0.0721 e. The Labute approximate surface area is 121 Å². The minimum absolute atomic E-state index is 0.282. The van der Waals surface area contributed by atoms with E-state index in [0.29, 0.717) is 0 Å². The Bertz CT molecular complexity index is 579. The van der Waals surface area contributed by atoms with Gasteiger partial charge in [0.15, 0.2) is 0 Å². The largest absolute Gasteiger partial charge is 0.311 e. The summed E-state index contributed by atoms with van der Waals surface area (Å²) in [5.41, 5.74) is 2.82. The van der Waals surface area contributed by atoms with Crippen LogP contribution in [0.5, 0.6) is 0 Å². The van der Waals surface area contributed by atoms with Crippen molar-refractivity contribution in [3.63, 3.8) is 0 Å². The minimum atomic E-state index is 0.282. The standard InChI is InChI=1S/C17H25N3/c1-3-10-17(11-7-12-18-17)13-15-14-8-5-6-9-16(14)20(4-2)19-15/h5-6,8-9,18H,3-4,7,10-13H2,1-2H3. The van der Waals surface area contributed by atoms with Gasteiger partial charge in [0.05, 0.1) is 11.2 Å². The SMILES string of the molecule is CCCC1(Cc2nn(CC)c3ccccc23)CCCN1. The molecule has 3 heteroatoms. The molecule has 1 aromatic heterocycles. The van der Waals surface area contributed by atoms with Gasteiger partial charge >= 0.3 is 0 Å². The van der Waals surface area contributed by atoms with Gasteiger partial charge in [0, 0.05) is 23.9 Å². The van der Waals surface area contributed by atoms with Gasteiger partial charge in [0.1, 0.15) is 0 Å². The average Bonchev–Trinajstić information content (AvgIpc) is 3.06. The van der Waals surface area contributed by atoms with Gasteiger partial charge in [0.2, 0.25) is 0 Å². The Kier molecular flexibility index (Phi) is 3.79. The van der Waals surface area contributed by atoms with E-state index in [1.807, 2.05) is 0 Å². The Morgan fingerprint density at radius 1 is 1.30 bits per heavy atom. The lowest BCUT2D eigenvalue weighted by molar-refractivity contribution is 0.338. The van der Waals surface area contributed by atoms with Gasteiger partial charge in [0.25, 0.3) is 0 Å². The maximum Gasteiger partial charge on any atom is 0.0721 e. The quantitative estimate of drug-likeness (QED) is 0.901. The lowest BCUT2D eigenvalue weighted by Crippen LogP contribution is -2.41. The highest BCUT2D eigenvalue weighted by molar-refractivity contribution is 5.82. The van der Waals surface area contributed by atoms with Gasteiger partial charge in [-0.25, -0.2) is 0 Å². The van der Waals surface area contributed by atoms with Crippen molar-refractivity contribution in [3.8, 4) is 0 Å². The molecule has 0 spiro atoms. The third-order valence-corrected chi connectivity index (χ3v) is 4.60. The molecular formula is C17H25N3. The second-order valence-electron chi connectivity index (χ2n) is 6.02. The molecule has 1 aliphatic rings. The number of benzene rings is 1. The Morgan fingerprint density at radius 3 is 2.85 bits per heavy atom. The number of rotatable bonds is 5. The number of hydrogen-bond donors (Lipinski definition) is 1. The number of aryl methyl sites for hydroxylation is 1. The van der Waals surface area contributed by atoms with Crippen LogP contribution in [-0.2, 0) is 13.0 Å². The number of nitrogens with zero attached hydrogens (tertiary/aromatic N) is 2. The molecule has 0 saturated carbocycles. The predicted octanol–water partition coefficient (Wildman–Crippen LogP) is 3.52. The normalized spacial score (nSPS) is 22.7. The topological polar surface area (TPSA) is 29.9 Å². The minimum Gasteiger partial charge on any atom is -0.311 e. The molecule has 20 heavy (non-hydrogen) atoms. The molecule has 0 radical (unpaired) electrons. The molecule has 1 saturated heterocycles. The fourth-order valence-corrected chi connectivity index (χ4v) is 3.69. The van der Waals surface area contributed by atoms with Crippen molar-refractivity contribution < 1.29 is 0 Å². The monoisotopic (exact) mass is 271 g/mol. The van der Waals surface area contributed by atoms with E-state index in [4.69, 9.17) is 5.10 Å². The summed E-state index contributed by atoms with van der Waals surface area (Å²) in [6, 6.07) is 8.64. The molecular weight excluding hydrogens is 246 g/mol. The van der Waals surface area contributed by atoms with Crippen LogP contribution in [0.2, 0.25) is 0 Å². The van der Waals surface area contributed by atoms with Gasteiger partial charge in [-0.05, 0) is 38.8 Å². The van der Waals surface area contributed by atoms with E-state index in [1.54, 1.807) is 0 Å². The summed E-state index contributed by atoms with van der Waals surface area (Å²) in [4.78, 5) is 0.